The first-order valence-electron chi connectivity index (χ1n) is 5.23. The summed E-state index contributed by atoms with van der Waals surface area (Å²) in [7, 11) is -4.30. The van der Waals surface area contributed by atoms with Crippen LogP contribution in [0, 0.1) is 5.82 Å². The van der Waals surface area contributed by atoms with E-state index in [9.17, 15) is 21.6 Å². The van der Waals surface area contributed by atoms with Crippen LogP contribution >= 0.6 is 0 Å². The van der Waals surface area contributed by atoms with Gasteiger partial charge in [0.05, 0.1) is 23.7 Å². The summed E-state index contributed by atoms with van der Waals surface area (Å²) in [5, 5.41) is 8.71. The summed E-state index contributed by atoms with van der Waals surface area (Å²) in [5.41, 5.74) is 4.96. The van der Waals surface area contributed by atoms with E-state index in [0.717, 1.165) is 12.1 Å². The highest BCUT2D eigenvalue weighted by Crippen LogP contribution is 2.20. The lowest BCUT2D eigenvalue weighted by molar-refractivity contribution is 0.113. The van der Waals surface area contributed by atoms with Crippen molar-refractivity contribution in [1.82, 2.24) is 4.31 Å². The van der Waals surface area contributed by atoms with Gasteiger partial charge in [-0.15, -0.1) is 0 Å². The SMILES string of the molecule is Nc1ccc(S(=O)(=O)N(CCO)CC(F)F)cc1F. The molecule has 0 unspecified atom stereocenters. The zero-order valence-electron chi connectivity index (χ0n) is 9.76. The minimum absolute atomic E-state index is 0.249. The van der Waals surface area contributed by atoms with Crippen molar-refractivity contribution in [2.24, 2.45) is 0 Å². The molecule has 3 N–H and O–H groups in total. The maximum Gasteiger partial charge on any atom is 0.252 e. The topological polar surface area (TPSA) is 83.6 Å². The van der Waals surface area contributed by atoms with Gasteiger partial charge < -0.3 is 10.8 Å². The minimum atomic E-state index is -4.30. The third kappa shape index (κ3) is 3.82. The van der Waals surface area contributed by atoms with E-state index in [1.54, 1.807) is 0 Å². The number of anilines is 1. The van der Waals surface area contributed by atoms with Gasteiger partial charge >= 0.3 is 0 Å². The highest BCUT2D eigenvalue weighted by molar-refractivity contribution is 7.89. The average molecular weight is 298 g/mol. The molecule has 0 radical (unpaired) electrons. The fourth-order valence-electron chi connectivity index (χ4n) is 1.39. The van der Waals surface area contributed by atoms with Crippen LogP contribution in [0.2, 0.25) is 0 Å². The Labute approximate surface area is 108 Å². The van der Waals surface area contributed by atoms with Gasteiger partial charge in [-0.2, -0.15) is 4.31 Å². The van der Waals surface area contributed by atoms with Crippen molar-refractivity contribution in [3.8, 4) is 0 Å². The molecule has 0 heterocycles. The zero-order chi connectivity index (χ0) is 14.6. The molecule has 0 aliphatic heterocycles. The van der Waals surface area contributed by atoms with Gasteiger partial charge in [-0.3, -0.25) is 0 Å². The minimum Gasteiger partial charge on any atom is -0.396 e. The predicted molar refractivity (Wildman–Crippen MR) is 62.7 cm³/mol. The van der Waals surface area contributed by atoms with Crippen LogP contribution in [0.1, 0.15) is 0 Å². The van der Waals surface area contributed by atoms with Crippen LogP contribution in [0.3, 0.4) is 0 Å². The van der Waals surface area contributed by atoms with Crippen LogP contribution in [0.15, 0.2) is 23.1 Å². The van der Waals surface area contributed by atoms with Gasteiger partial charge in [0.15, 0.2) is 0 Å². The Morgan fingerprint density at radius 1 is 1.37 bits per heavy atom. The second-order valence-corrected chi connectivity index (χ2v) is 5.60. The molecular formula is C10H13F3N2O3S. The molecule has 108 valence electrons. The lowest BCUT2D eigenvalue weighted by Crippen LogP contribution is -2.37. The van der Waals surface area contributed by atoms with Gasteiger partial charge in [-0.05, 0) is 18.2 Å². The molecule has 0 atom stereocenters. The lowest BCUT2D eigenvalue weighted by Gasteiger charge is -2.20. The molecule has 9 heteroatoms. The number of aliphatic hydroxyl groups is 1. The number of nitrogens with zero attached hydrogens (tertiary/aromatic N) is 1. The van der Waals surface area contributed by atoms with Crippen molar-refractivity contribution in [3.63, 3.8) is 0 Å². The van der Waals surface area contributed by atoms with E-state index < -0.39 is 46.9 Å². The molecule has 0 aromatic heterocycles. The first-order chi connectivity index (χ1) is 8.78. The van der Waals surface area contributed by atoms with Crippen molar-refractivity contribution < 1.29 is 26.7 Å². The van der Waals surface area contributed by atoms with E-state index >= 15 is 0 Å². The maximum atomic E-state index is 13.2. The van der Waals surface area contributed by atoms with Crippen molar-refractivity contribution in [3.05, 3.63) is 24.0 Å². The summed E-state index contributed by atoms with van der Waals surface area (Å²) in [4.78, 5) is -0.492. The Bertz CT molecular complexity index is 537. The Morgan fingerprint density at radius 2 is 2.00 bits per heavy atom. The van der Waals surface area contributed by atoms with Gasteiger partial charge in [-0.25, -0.2) is 21.6 Å². The highest BCUT2D eigenvalue weighted by Gasteiger charge is 2.27. The predicted octanol–water partition coefficient (Wildman–Crippen LogP) is 0.656. The number of halogens is 3. The molecule has 0 fully saturated rings. The van der Waals surface area contributed by atoms with Gasteiger partial charge in [0.25, 0.3) is 6.43 Å². The molecule has 1 aromatic carbocycles. The van der Waals surface area contributed by atoms with E-state index in [4.69, 9.17) is 10.8 Å². The monoisotopic (exact) mass is 298 g/mol. The van der Waals surface area contributed by atoms with Gasteiger partial charge in [-0.1, -0.05) is 0 Å². The number of nitrogens with two attached hydrogens (primary N) is 1. The molecule has 0 aliphatic carbocycles. The first kappa shape index (κ1) is 15.7. The third-order valence-corrected chi connectivity index (χ3v) is 4.16. The van der Waals surface area contributed by atoms with Crippen LogP contribution in [0.5, 0.6) is 0 Å². The molecule has 0 saturated heterocycles. The van der Waals surface area contributed by atoms with E-state index in [1.807, 2.05) is 0 Å². The lowest BCUT2D eigenvalue weighted by atomic mass is 10.3. The third-order valence-electron chi connectivity index (χ3n) is 2.30. The standard InChI is InChI=1S/C10H13F3N2O3S/c11-8-5-7(1-2-9(8)14)19(17,18)15(3-4-16)6-10(12)13/h1-2,5,10,16H,3-4,6,14H2. The molecule has 0 saturated carbocycles. The summed E-state index contributed by atoms with van der Waals surface area (Å²) < 4.78 is 62.2. The van der Waals surface area contributed by atoms with Crippen LogP contribution in [0.4, 0.5) is 18.9 Å². The van der Waals surface area contributed by atoms with Gasteiger partial charge in [0.2, 0.25) is 10.0 Å². The quantitative estimate of drug-likeness (QED) is 0.756. The summed E-state index contributed by atoms with van der Waals surface area (Å²) in [5.74, 6) is -0.956. The summed E-state index contributed by atoms with van der Waals surface area (Å²) in [6.45, 7) is -2.20. The fourth-order valence-corrected chi connectivity index (χ4v) is 2.81. The summed E-state index contributed by atoms with van der Waals surface area (Å²) in [6, 6.07) is 2.70. The highest BCUT2D eigenvalue weighted by atomic mass is 32.2. The smallest absolute Gasteiger partial charge is 0.252 e. The number of hydrogen-bond donors (Lipinski definition) is 2. The van der Waals surface area contributed by atoms with Crippen molar-refractivity contribution in [2.75, 3.05) is 25.4 Å². The summed E-state index contributed by atoms with van der Waals surface area (Å²) >= 11 is 0. The van der Waals surface area contributed by atoms with Crippen LogP contribution in [0.25, 0.3) is 0 Å². The number of benzene rings is 1. The van der Waals surface area contributed by atoms with Gasteiger partial charge in [0, 0.05) is 6.54 Å². The molecule has 19 heavy (non-hydrogen) atoms. The van der Waals surface area contributed by atoms with Crippen molar-refractivity contribution in [1.29, 1.82) is 0 Å². The molecule has 0 aliphatic rings. The average Bonchev–Trinajstić information content (AvgIpc) is 2.31. The number of aliphatic hydroxyl groups excluding tert-OH is 1. The fraction of sp³-hybridized carbons (Fsp3) is 0.400. The Balaban J connectivity index is 3.14. The van der Waals surface area contributed by atoms with Crippen LogP contribution < -0.4 is 5.73 Å². The Morgan fingerprint density at radius 3 is 2.47 bits per heavy atom. The second-order valence-electron chi connectivity index (χ2n) is 3.66. The molecule has 5 nitrogen and oxygen atoms in total. The number of hydrogen-bond acceptors (Lipinski definition) is 4. The number of sulfonamides is 1. The first-order valence-corrected chi connectivity index (χ1v) is 6.67. The number of rotatable bonds is 6. The van der Waals surface area contributed by atoms with E-state index in [2.05, 4.69) is 0 Å². The molecular weight excluding hydrogens is 285 g/mol. The van der Waals surface area contributed by atoms with E-state index in [0.29, 0.717) is 10.4 Å². The summed E-state index contributed by atoms with van der Waals surface area (Å²) in [6.07, 6.45) is -2.90. The molecule has 0 bridgehead atoms. The van der Waals surface area contributed by atoms with E-state index in [-0.39, 0.29) is 5.69 Å². The van der Waals surface area contributed by atoms with Gasteiger partial charge in [0.1, 0.15) is 5.82 Å². The maximum absolute atomic E-state index is 13.2. The molecule has 0 spiro atoms. The zero-order valence-corrected chi connectivity index (χ0v) is 10.6. The van der Waals surface area contributed by atoms with Crippen LogP contribution in [-0.4, -0.2) is 44.0 Å². The largest absolute Gasteiger partial charge is 0.396 e. The Kier molecular flexibility index (Phi) is 5.15. The molecule has 1 rings (SSSR count). The van der Waals surface area contributed by atoms with E-state index in [1.165, 1.54) is 0 Å². The molecule has 0 amide bonds. The van der Waals surface area contributed by atoms with Crippen molar-refractivity contribution in [2.45, 2.75) is 11.3 Å². The van der Waals surface area contributed by atoms with Crippen LogP contribution in [-0.2, 0) is 10.0 Å². The van der Waals surface area contributed by atoms with Crippen molar-refractivity contribution >= 4 is 15.7 Å². The Hall–Kier alpha value is -1.32. The normalized spacial score (nSPS) is 12.3. The number of alkyl halides is 2. The molecule has 1 aromatic rings. The second kappa shape index (κ2) is 6.22. The number of nitrogen functional groups attached to an aromatic ring is 1.